The highest BCUT2D eigenvalue weighted by atomic mass is 32.2. The predicted octanol–water partition coefficient (Wildman–Crippen LogP) is 2.30. The van der Waals surface area contributed by atoms with Gasteiger partial charge < -0.3 is 16.0 Å². The minimum atomic E-state index is -0.506. The number of para-hydroxylation sites is 1. The SMILES string of the molecule is CSC(C)CCNC(=O)C(N)Cc1c[nH]c2ccccc12. The Morgan fingerprint density at radius 3 is 2.95 bits per heavy atom. The maximum Gasteiger partial charge on any atom is 0.237 e. The van der Waals surface area contributed by atoms with E-state index in [0.717, 1.165) is 22.9 Å². The maximum atomic E-state index is 12.0. The third kappa shape index (κ3) is 4.25. The lowest BCUT2D eigenvalue weighted by Gasteiger charge is -2.13. The van der Waals surface area contributed by atoms with Crippen LogP contribution in [0.15, 0.2) is 30.5 Å². The second-order valence-electron chi connectivity index (χ2n) is 5.30. The fraction of sp³-hybridized carbons (Fsp3) is 0.438. The van der Waals surface area contributed by atoms with Crippen LogP contribution in [0.1, 0.15) is 18.9 Å². The van der Waals surface area contributed by atoms with Crippen LogP contribution in [0.3, 0.4) is 0 Å². The van der Waals surface area contributed by atoms with Crippen molar-refractivity contribution >= 4 is 28.6 Å². The molecule has 2 unspecified atom stereocenters. The summed E-state index contributed by atoms with van der Waals surface area (Å²) in [6.07, 6.45) is 5.53. The van der Waals surface area contributed by atoms with Gasteiger partial charge in [0.25, 0.3) is 0 Å². The van der Waals surface area contributed by atoms with Gasteiger partial charge in [-0.25, -0.2) is 0 Å². The molecule has 0 saturated heterocycles. The van der Waals surface area contributed by atoms with Gasteiger partial charge in [0.05, 0.1) is 6.04 Å². The fourth-order valence-electron chi connectivity index (χ4n) is 2.28. The largest absolute Gasteiger partial charge is 0.361 e. The number of hydrogen-bond acceptors (Lipinski definition) is 3. The molecule has 1 amide bonds. The van der Waals surface area contributed by atoms with E-state index in [1.54, 1.807) is 11.8 Å². The van der Waals surface area contributed by atoms with E-state index in [4.69, 9.17) is 5.73 Å². The van der Waals surface area contributed by atoms with E-state index in [2.05, 4.69) is 23.5 Å². The van der Waals surface area contributed by atoms with Gasteiger partial charge in [-0.05, 0) is 30.7 Å². The first-order valence-electron chi connectivity index (χ1n) is 7.23. The van der Waals surface area contributed by atoms with E-state index >= 15 is 0 Å². The molecule has 1 heterocycles. The van der Waals surface area contributed by atoms with Gasteiger partial charge in [-0.2, -0.15) is 11.8 Å². The van der Waals surface area contributed by atoms with E-state index in [9.17, 15) is 4.79 Å². The molecule has 0 aliphatic heterocycles. The molecule has 0 saturated carbocycles. The first-order valence-corrected chi connectivity index (χ1v) is 8.51. The molecule has 4 nitrogen and oxygen atoms in total. The number of fused-ring (bicyclic) bond motifs is 1. The Morgan fingerprint density at radius 1 is 1.43 bits per heavy atom. The summed E-state index contributed by atoms with van der Waals surface area (Å²) < 4.78 is 0. The zero-order valence-electron chi connectivity index (χ0n) is 12.6. The average molecular weight is 305 g/mol. The minimum absolute atomic E-state index is 0.0754. The topological polar surface area (TPSA) is 70.9 Å². The van der Waals surface area contributed by atoms with Crippen molar-refractivity contribution in [1.29, 1.82) is 0 Å². The third-order valence-corrected chi connectivity index (χ3v) is 4.74. The van der Waals surface area contributed by atoms with Crippen LogP contribution in [-0.4, -0.2) is 35.0 Å². The van der Waals surface area contributed by atoms with Gasteiger partial charge in [0.1, 0.15) is 0 Å². The van der Waals surface area contributed by atoms with Crippen molar-refractivity contribution in [2.75, 3.05) is 12.8 Å². The van der Waals surface area contributed by atoms with Gasteiger partial charge in [0, 0.05) is 28.9 Å². The highest BCUT2D eigenvalue weighted by Crippen LogP contribution is 2.18. The van der Waals surface area contributed by atoms with Gasteiger partial charge in [-0.15, -0.1) is 0 Å². The maximum absolute atomic E-state index is 12.0. The number of rotatable bonds is 7. The molecule has 4 N–H and O–H groups in total. The molecule has 0 fully saturated rings. The second-order valence-corrected chi connectivity index (χ2v) is 6.57. The summed E-state index contributed by atoms with van der Waals surface area (Å²) in [7, 11) is 0. The Bertz CT molecular complexity index is 596. The Labute approximate surface area is 129 Å². The summed E-state index contributed by atoms with van der Waals surface area (Å²) in [5, 5.41) is 4.61. The van der Waals surface area contributed by atoms with Crippen LogP contribution in [0.5, 0.6) is 0 Å². The second kappa shape index (κ2) is 7.52. The number of aromatic amines is 1. The van der Waals surface area contributed by atoms with Gasteiger partial charge in [0.15, 0.2) is 0 Å². The molecule has 114 valence electrons. The molecule has 0 aliphatic carbocycles. The first kappa shape index (κ1) is 15.9. The van der Waals surface area contributed by atoms with Crippen LogP contribution in [0, 0.1) is 0 Å². The number of thioether (sulfide) groups is 1. The number of nitrogens with two attached hydrogens (primary N) is 1. The van der Waals surface area contributed by atoms with Gasteiger partial charge in [0.2, 0.25) is 5.91 Å². The van der Waals surface area contributed by atoms with Crippen molar-refractivity contribution in [1.82, 2.24) is 10.3 Å². The molecule has 0 spiro atoms. The fourth-order valence-corrected chi connectivity index (χ4v) is 2.63. The lowest BCUT2D eigenvalue weighted by molar-refractivity contribution is -0.122. The minimum Gasteiger partial charge on any atom is -0.361 e. The summed E-state index contributed by atoms with van der Waals surface area (Å²) in [5.74, 6) is -0.0754. The number of amides is 1. The lowest BCUT2D eigenvalue weighted by Crippen LogP contribution is -2.42. The van der Waals surface area contributed by atoms with Crippen LogP contribution >= 0.6 is 11.8 Å². The molecule has 0 bridgehead atoms. The van der Waals surface area contributed by atoms with Gasteiger partial charge >= 0.3 is 0 Å². The van der Waals surface area contributed by atoms with E-state index in [1.165, 1.54) is 0 Å². The molecule has 2 rings (SSSR count). The van der Waals surface area contributed by atoms with Crippen molar-refractivity contribution in [3.63, 3.8) is 0 Å². The number of hydrogen-bond donors (Lipinski definition) is 3. The Hall–Kier alpha value is -1.46. The molecule has 0 aliphatic rings. The number of H-pyrrole nitrogens is 1. The monoisotopic (exact) mass is 305 g/mol. The molecule has 0 radical (unpaired) electrons. The van der Waals surface area contributed by atoms with E-state index in [0.29, 0.717) is 18.2 Å². The molecule has 2 aromatic rings. The van der Waals surface area contributed by atoms with Crippen LogP contribution in [-0.2, 0) is 11.2 Å². The zero-order chi connectivity index (χ0) is 15.2. The summed E-state index contributed by atoms with van der Waals surface area (Å²) in [5.41, 5.74) is 8.18. The van der Waals surface area contributed by atoms with E-state index < -0.39 is 6.04 Å². The highest BCUT2D eigenvalue weighted by Gasteiger charge is 2.15. The van der Waals surface area contributed by atoms with Crippen LogP contribution in [0.25, 0.3) is 10.9 Å². The third-order valence-electron chi connectivity index (χ3n) is 3.70. The summed E-state index contributed by atoms with van der Waals surface area (Å²) in [4.78, 5) is 15.2. The van der Waals surface area contributed by atoms with Crippen LogP contribution in [0.4, 0.5) is 0 Å². The summed E-state index contributed by atoms with van der Waals surface area (Å²) >= 11 is 1.80. The van der Waals surface area contributed by atoms with Crippen LogP contribution < -0.4 is 11.1 Å². The molecular weight excluding hydrogens is 282 g/mol. The average Bonchev–Trinajstić information content (AvgIpc) is 2.90. The highest BCUT2D eigenvalue weighted by molar-refractivity contribution is 7.99. The van der Waals surface area contributed by atoms with Crippen molar-refractivity contribution in [3.05, 3.63) is 36.0 Å². The Balaban J connectivity index is 1.88. The Kier molecular flexibility index (Phi) is 5.70. The van der Waals surface area contributed by atoms with Crippen LogP contribution in [0.2, 0.25) is 0 Å². The van der Waals surface area contributed by atoms with E-state index in [-0.39, 0.29) is 5.91 Å². The van der Waals surface area contributed by atoms with Crippen molar-refractivity contribution in [2.24, 2.45) is 5.73 Å². The zero-order valence-corrected chi connectivity index (χ0v) is 13.4. The number of aromatic nitrogens is 1. The molecular formula is C16H23N3OS. The van der Waals surface area contributed by atoms with Gasteiger partial charge in [-0.3, -0.25) is 4.79 Å². The van der Waals surface area contributed by atoms with Crippen molar-refractivity contribution in [2.45, 2.75) is 31.1 Å². The molecule has 1 aromatic heterocycles. The normalized spacial score (nSPS) is 14.0. The van der Waals surface area contributed by atoms with Gasteiger partial charge in [-0.1, -0.05) is 25.1 Å². The van der Waals surface area contributed by atoms with Crippen molar-refractivity contribution < 1.29 is 4.79 Å². The number of carbonyl (C=O) groups excluding carboxylic acids is 1. The number of nitrogens with one attached hydrogen (secondary N) is 2. The standard InChI is InChI=1S/C16H23N3OS/c1-11(21-2)7-8-18-16(20)14(17)9-12-10-19-15-6-4-3-5-13(12)15/h3-6,10-11,14,19H,7-9,17H2,1-2H3,(H,18,20). The molecule has 5 heteroatoms. The summed E-state index contributed by atoms with van der Waals surface area (Å²) in [6.45, 7) is 2.84. The number of benzene rings is 1. The molecule has 21 heavy (non-hydrogen) atoms. The predicted molar refractivity (Wildman–Crippen MR) is 90.6 cm³/mol. The van der Waals surface area contributed by atoms with Crippen molar-refractivity contribution in [3.8, 4) is 0 Å². The van der Waals surface area contributed by atoms with E-state index in [1.807, 2.05) is 30.5 Å². The Morgan fingerprint density at radius 2 is 2.19 bits per heavy atom. The quantitative estimate of drug-likeness (QED) is 0.735. The lowest BCUT2D eigenvalue weighted by atomic mass is 10.1. The first-order chi connectivity index (χ1) is 10.1. The summed E-state index contributed by atoms with van der Waals surface area (Å²) in [6, 6.07) is 7.55. The molecule has 1 aromatic carbocycles. The smallest absolute Gasteiger partial charge is 0.237 e. The molecule has 2 atom stereocenters. The number of carbonyl (C=O) groups is 1.